The summed E-state index contributed by atoms with van der Waals surface area (Å²) >= 11 is 0. The molecule has 122 valence electrons. The molecule has 1 spiro atoms. The molecule has 2 aliphatic rings. The van der Waals surface area contributed by atoms with Crippen molar-refractivity contribution in [1.82, 2.24) is 9.80 Å². The summed E-state index contributed by atoms with van der Waals surface area (Å²) in [6.45, 7) is 10.0. The lowest BCUT2D eigenvalue weighted by Gasteiger charge is -2.53. The van der Waals surface area contributed by atoms with Crippen LogP contribution in [0.2, 0.25) is 0 Å². The largest absolute Gasteiger partial charge is 0.465 e. The van der Waals surface area contributed by atoms with Crippen molar-refractivity contribution in [3.05, 3.63) is 0 Å². The number of ether oxygens (including phenoxy) is 2. The van der Waals surface area contributed by atoms with Gasteiger partial charge in [0.1, 0.15) is 0 Å². The molecule has 0 aromatic heterocycles. The van der Waals surface area contributed by atoms with E-state index >= 15 is 0 Å². The second kappa shape index (κ2) is 6.10. The summed E-state index contributed by atoms with van der Waals surface area (Å²) in [5.74, 6) is 0. The highest BCUT2D eigenvalue weighted by molar-refractivity contribution is 5.65. The molecule has 1 N–H and O–H groups in total. The predicted octanol–water partition coefficient (Wildman–Crippen LogP) is 1.64. The second-order valence-corrected chi connectivity index (χ2v) is 7.20. The lowest BCUT2D eigenvalue weighted by molar-refractivity contribution is -0.198. The van der Waals surface area contributed by atoms with E-state index in [2.05, 4.69) is 25.7 Å². The van der Waals surface area contributed by atoms with Crippen LogP contribution in [0.4, 0.5) is 4.79 Å². The highest BCUT2D eigenvalue weighted by atomic mass is 16.5. The van der Waals surface area contributed by atoms with Gasteiger partial charge in [-0.05, 0) is 33.6 Å². The smallest absolute Gasteiger partial charge is 0.407 e. The summed E-state index contributed by atoms with van der Waals surface area (Å²) in [6.07, 6.45) is 0.735. The Kier molecular flexibility index (Phi) is 4.80. The fraction of sp³-hybridized carbons (Fsp3) is 0.933. The van der Waals surface area contributed by atoms with Gasteiger partial charge in [0.2, 0.25) is 0 Å². The Morgan fingerprint density at radius 2 is 2.00 bits per heavy atom. The number of likely N-dealkylation sites (tertiary alicyclic amines) is 1. The molecular weight excluding hydrogens is 272 g/mol. The van der Waals surface area contributed by atoms with Crippen molar-refractivity contribution < 1.29 is 19.4 Å². The third kappa shape index (κ3) is 3.87. The Bertz CT molecular complexity index is 372. The van der Waals surface area contributed by atoms with Gasteiger partial charge in [-0.2, -0.15) is 0 Å². The van der Waals surface area contributed by atoms with E-state index in [1.54, 1.807) is 7.11 Å². The molecule has 6 nitrogen and oxygen atoms in total. The topological polar surface area (TPSA) is 62.2 Å². The van der Waals surface area contributed by atoms with Crippen LogP contribution in [0.15, 0.2) is 0 Å². The number of carbonyl (C=O) groups is 1. The molecule has 0 aliphatic carbocycles. The Hall–Kier alpha value is -0.850. The molecule has 0 bridgehead atoms. The second-order valence-electron chi connectivity index (χ2n) is 7.20. The van der Waals surface area contributed by atoms with Gasteiger partial charge in [0.25, 0.3) is 0 Å². The van der Waals surface area contributed by atoms with E-state index in [0.29, 0.717) is 19.7 Å². The van der Waals surface area contributed by atoms with Crippen LogP contribution in [-0.2, 0) is 9.47 Å². The number of nitrogens with zero attached hydrogens (tertiary/aromatic N) is 2. The molecule has 21 heavy (non-hydrogen) atoms. The first-order chi connectivity index (χ1) is 9.76. The van der Waals surface area contributed by atoms with Gasteiger partial charge >= 0.3 is 6.09 Å². The van der Waals surface area contributed by atoms with E-state index in [1.807, 2.05) is 0 Å². The van der Waals surface area contributed by atoms with Gasteiger partial charge in [-0.1, -0.05) is 0 Å². The summed E-state index contributed by atoms with van der Waals surface area (Å²) in [6, 6.07) is 0. The van der Waals surface area contributed by atoms with E-state index in [4.69, 9.17) is 14.6 Å². The zero-order valence-electron chi connectivity index (χ0n) is 13.6. The maximum atomic E-state index is 11.1. The molecule has 1 atom stereocenters. The fourth-order valence-electron chi connectivity index (χ4n) is 3.25. The molecule has 1 unspecified atom stereocenters. The van der Waals surface area contributed by atoms with Crippen molar-refractivity contribution in [2.24, 2.45) is 0 Å². The number of methoxy groups -OCH3 is 1. The molecule has 2 fully saturated rings. The molecule has 0 aromatic rings. The molecule has 0 radical (unpaired) electrons. The van der Waals surface area contributed by atoms with E-state index in [1.165, 1.54) is 4.90 Å². The van der Waals surface area contributed by atoms with E-state index < -0.39 is 6.09 Å². The average Bonchev–Trinajstić information content (AvgIpc) is 2.38. The maximum absolute atomic E-state index is 11.1. The van der Waals surface area contributed by atoms with Crippen LogP contribution in [0.3, 0.4) is 0 Å². The van der Waals surface area contributed by atoms with Gasteiger partial charge in [-0.25, -0.2) is 4.79 Å². The number of rotatable bonds is 2. The molecule has 2 heterocycles. The van der Waals surface area contributed by atoms with Crippen molar-refractivity contribution in [2.45, 2.75) is 50.9 Å². The van der Waals surface area contributed by atoms with Gasteiger partial charge in [-0.15, -0.1) is 0 Å². The Balaban J connectivity index is 2.09. The van der Waals surface area contributed by atoms with Gasteiger partial charge in [0.15, 0.2) is 0 Å². The fourth-order valence-corrected chi connectivity index (χ4v) is 3.25. The molecule has 0 saturated carbocycles. The highest BCUT2D eigenvalue weighted by Gasteiger charge is 2.45. The number of piperidine rings is 1. The van der Waals surface area contributed by atoms with Crippen LogP contribution in [-0.4, -0.2) is 78.1 Å². The molecule has 1 amide bonds. The number of carboxylic acid groups (broad SMARTS) is 1. The van der Waals surface area contributed by atoms with Crippen molar-refractivity contribution in [3.63, 3.8) is 0 Å². The van der Waals surface area contributed by atoms with Crippen molar-refractivity contribution >= 4 is 6.09 Å². The first-order valence-electron chi connectivity index (χ1n) is 7.65. The first kappa shape index (κ1) is 16.5. The predicted molar refractivity (Wildman–Crippen MR) is 79.6 cm³/mol. The summed E-state index contributed by atoms with van der Waals surface area (Å²) < 4.78 is 11.6. The van der Waals surface area contributed by atoms with Gasteiger partial charge in [-0.3, -0.25) is 4.90 Å². The van der Waals surface area contributed by atoms with Crippen molar-refractivity contribution in [1.29, 1.82) is 0 Å². The van der Waals surface area contributed by atoms with E-state index in [0.717, 1.165) is 25.9 Å². The standard InChI is InChI=1S/C15H28N2O4/c1-14(2,3)17-9-12(10-20-4)21-15(11-17)5-7-16(8-6-15)13(18)19/h12H,5-11H2,1-4H3,(H,18,19). The van der Waals surface area contributed by atoms with Crippen LogP contribution in [0.5, 0.6) is 0 Å². The molecule has 2 rings (SSSR count). The molecule has 0 aromatic carbocycles. The van der Waals surface area contributed by atoms with E-state index in [9.17, 15) is 4.79 Å². The minimum atomic E-state index is -0.832. The Morgan fingerprint density at radius 1 is 1.38 bits per heavy atom. The summed E-state index contributed by atoms with van der Waals surface area (Å²) in [5.41, 5.74) is -0.159. The number of morpholine rings is 1. The molecular formula is C15H28N2O4. The highest BCUT2D eigenvalue weighted by Crippen LogP contribution is 2.35. The van der Waals surface area contributed by atoms with Crippen molar-refractivity contribution in [2.75, 3.05) is 39.9 Å². The molecule has 2 aliphatic heterocycles. The van der Waals surface area contributed by atoms with Crippen LogP contribution in [0, 0.1) is 0 Å². The zero-order chi connectivity index (χ0) is 15.7. The average molecular weight is 300 g/mol. The lowest BCUT2D eigenvalue weighted by Crippen LogP contribution is -2.64. The third-order valence-electron chi connectivity index (χ3n) is 4.57. The molecule has 2 saturated heterocycles. The normalized spacial score (nSPS) is 27.0. The third-order valence-corrected chi connectivity index (χ3v) is 4.57. The Morgan fingerprint density at radius 3 is 2.48 bits per heavy atom. The number of hydrogen-bond acceptors (Lipinski definition) is 4. The van der Waals surface area contributed by atoms with Crippen LogP contribution < -0.4 is 0 Å². The quantitative estimate of drug-likeness (QED) is 0.840. The van der Waals surface area contributed by atoms with Gasteiger partial charge < -0.3 is 19.5 Å². The minimum absolute atomic E-state index is 0.0550. The summed E-state index contributed by atoms with van der Waals surface area (Å²) in [4.78, 5) is 15.0. The zero-order valence-corrected chi connectivity index (χ0v) is 13.6. The van der Waals surface area contributed by atoms with E-state index in [-0.39, 0.29) is 17.2 Å². The summed E-state index contributed by atoms with van der Waals surface area (Å²) in [5, 5.41) is 9.10. The lowest BCUT2D eigenvalue weighted by atomic mass is 9.87. The SMILES string of the molecule is COCC1CN(C(C)(C)C)CC2(CCN(C(=O)O)CC2)O1. The van der Waals surface area contributed by atoms with Crippen LogP contribution in [0.25, 0.3) is 0 Å². The number of amides is 1. The van der Waals surface area contributed by atoms with Crippen LogP contribution in [0.1, 0.15) is 33.6 Å². The number of hydrogen-bond donors (Lipinski definition) is 1. The van der Waals surface area contributed by atoms with Crippen molar-refractivity contribution in [3.8, 4) is 0 Å². The maximum Gasteiger partial charge on any atom is 0.407 e. The summed E-state index contributed by atoms with van der Waals surface area (Å²) in [7, 11) is 1.69. The monoisotopic (exact) mass is 300 g/mol. The van der Waals surface area contributed by atoms with Gasteiger partial charge in [0, 0.05) is 38.8 Å². The molecule has 6 heteroatoms. The first-order valence-corrected chi connectivity index (χ1v) is 7.65. The van der Waals surface area contributed by atoms with Crippen LogP contribution >= 0.6 is 0 Å². The minimum Gasteiger partial charge on any atom is -0.465 e. The Labute approximate surface area is 127 Å². The van der Waals surface area contributed by atoms with Gasteiger partial charge in [0.05, 0.1) is 18.3 Å².